The van der Waals surface area contributed by atoms with E-state index < -0.39 is 0 Å². The first-order valence-electron chi connectivity index (χ1n) is 4.40. The van der Waals surface area contributed by atoms with Gasteiger partial charge in [-0.1, -0.05) is 13.8 Å². The number of hydrogen-bond donors (Lipinski definition) is 2. The second-order valence-corrected chi connectivity index (χ2v) is 4.62. The van der Waals surface area contributed by atoms with E-state index in [0.717, 1.165) is 12.3 Å². The highest BCUT2D eigenvalue weighted by atomic mass is 16.3. The molecule has 0 spiro atoms. The lowest BCUT2D eigenvalue weighted by molar-refractivity contribution is 0.0774. The number of aliphatic hydroxyl groups is 1. The quantitative estimate of drug-likeness (QED) is 0.645. The number of hydrogen-bond acceptors (Lipinski definition) is 2. The average molecular weight is 157 g/mol. The molecule has 0 bridgehead atoms. The average Bonchev–Trinajstić information content (AvgIpc) is 1.83. The van der Waals surface area contributed by atoms with Gasteiger partial charge in [0.1, 0.15) is 0 Å². The van der Waals surface area contributed by atoms with Crippen LogP contribution in [0.1, 0.15) is 33.1 Å². The maximum atomic E-state index is 8.71. The van der Waals surface area contributed by atoms with Gasteiger partial charge in [0.2, 0.25) is 0 Å². The molecule has 2 heteroatoms. The monoisotopic (exact) mass is 157 g/mol. The van der Waals surface area contributed by atoms with Crippen LogP contribution in [0.25, 0.3) is 0 Å². The Labute approximate surface area is 68.8 Å². The first kappa shape index (κ1) is 9.01. The van der Waals surface area contributed by atoms with Crippen LogP contribution in [0.4, 0.5) is 0 Å². The molecule has 0 aliphatic heterocycles. The van der Waals surface area contributed by atoms with Gasteiger partial charge >= 0.3 is 0 Å². The number of rotatable bonds is 3. The summed E-state index contributed by atoms with van der Waals surface area (Å²) in [6, 6.07) is 0.0103. The fourth-order valence-electron chi connectivity index (χ4n) is 2.17. The SMILES string of the molecule is CC1(C)CC(CC(N)CO)C1. The lowest BCUT2D eigenvalue weighted by atomic mass is 9.63. The predicted octanol–water partition coefficient (Wildman–Crippen LogP) is 1.13. The maximum Gasteiger partial charge on any atom is 0.0582 e. The molecule has 0 amide bonds. The van der Waals surface area contributed by atoms with Gasteiger partial charge in [-0.05, 0) is 30.6 Å². The first-order valence-corrected chi connectivity index (χ1v) is 4.40. The Kier molecular flexibility index (Phi) is 2.55. The van der Waals surface area contributed by atoms with Gasteiger partial charge in [0.25, 0.3) is 0 Å². The molecule has 1 atom stereocenters. The van der Waals surface area contributed by atoms with Crippen molar-refractivity contribution in [1.29, 1.82) is 0 Å². The third-order valence-corrected chi connectivity index (χ3v) is 2.55. The lowest BCUT2D eigenvalue weighted by Gasteiger charge is -2.43. The van der Waals surface area contributed by atoms with Crippen LogP contribution in [0.3, 0.4) is 0 Å². The van der Waals surface area contributed by atoms with Gasteiger partial charge in [-0.25, -0.2) is 0 Å². The van der Waals surface area contributed by atoms with Crippen LogP contribution in [0.5, 0.6) is 0 Å². The normalized spacial score (nSPS) is 26.2. The lowest BCUT2D eigenvalue weighted by Crippen LogP contribution is -2.37. The summed E-state index contributed by atoms with van der Waals surface area (Å²) in [5.74, 6) is 0.771. The van der Waals surface area contributed by atoms with E-state index in [-0.39, 0.29) is 12.6 Å². The summed E-state index contributed by atoms with van der Waals surface area (Å²) in [4.78, 5) is 0. The van der Waals surface area contributed by atoms with Crippen molar-refractivity contribution in [2.24, 2.45) is 17.1 Å². The molecule has 0 heterocycles. The molecule has 1 saturated carbocycles. The third kappa shape index (κ3) is 2.46. The zero-order valence-electron chi connectivity index (χ0n) is 7.51. The van der Waals surface area contributed by atoms with Crippen molar-refractivity contribution in [3.05, 3.63) is 0 Å². The summed E-state index contributed by atoms with van der Waals surface area (Å²) in [7, 11) is 0. The van der Waals surface area contributed by atoms with E-state index in [1.165, 1.54) is 12.8 Å². The molecule has 3 N–H and O–H groups in total. The molecule has 0 aromatic carbocycles. The molecule has 0 saturated heterocycles. The van der Waals surface area contributed by atoms with Crippen LogP contribution < -0.4 is 5.73 Å². The highest BCUT2D eigenvalue weighted by Gasteiger charge is 2.36. The van der Waals surface area contributed by atoms with Crippen LogP contribution in [-0.4, -0.2) is 17.8 Å². The second kappa shape index (κ2) is 3.11. The van der Waals surface area contributed by atoms with Crippen LogP contribution in [0, 0.1) is 11.3 Å². The van der Waals surface area contributed by atoms with Crippen molar-refractivity contribution in [3.8, 4) is 0 Å². The smallest absolute Gasteiger partial charge is 0.0582 e. The van der Waals surface area contributed by atoms with Gasteiger partial charge < -0.3 is 10.8 Å². The van der Waals surface area contributed by atoms with E-state index in [4.69, 9.17) is 10.8 Å². The van der Waals surface area contributed by atoms with Crippen molar-refractivity contribution < 1.29 is 5.11 Å². The minimum absolute atomic E-state index is 0.0103. The van der Waals surface area contributed by atoms with Crippen LogP contribution in [-0.2, 0) is 0 Å². The summed E-state index contributed by atoms with van der Waals surface area (Å²) in [6.07, 6.45) is 3.56. The Bertz CT molecular complexity index is 126. The van der Waals surface area contributed by atoms with E-state index >= 15 is 0 Å². The fraction of sp³-hybridized carbons (Fsp3) is 1.00. The predicted molar refractivity (Wildman–Crippen MR) is 46.2 cm³/mol. The Morgan fingerprint density at radius 1 is 1.55 bits per heavy atom. The van der Waals surface area contributed by atoms with E-state index in [1.807, 2.05) is 0 Å². The molecule has 1 rings (SSSR count). The Morgan fingerprint density at radius 3 is 2.45 bits per heavy atom. The van der Waals surface area contributed by atoms with Gasteiger partial charge in [-0.3, -0.25) is 0 Å². The standard InChI is InChI=1S/C9H19NO/c1-9(2)4-7(5-9)3-8(10)6-11/h7-8,11H,3-6,10H2,1-2H3. The molecule has 1 fully saturated rings. The molecule has 0 radical (unpaired) electrons. The minimum atomic E-state index is 0.0103. The first-order chi connectivity index (χ1) is 5.03. The van der Waals surface area contributed by atoms with Gasteiger partial charge in [-0.15, -0.1) is 0 Å². The van der Waals surface area contributed by atoms with Gasteiger partial charge in [0, 0.05) is 6.04 Å². The van der Waals surface area contributed by atoms with E-state index in [2.05, 4.69) is 13.8 Å². The van der Waals surface area contributed by atoms with Crippen molar-refractivity contribution in [1.82, 2.24) is 0 Å². The van der Waals surface area contributed by atoms with Crippen molar-refractivity contribution in [2.75, 3.05) is 6.61 Å². The van der Waals surface area contributed by atoms with Gasteiger partial charge in [-0.2, -0.15) is 0 Å². The number of nitrogens with two attached hydrogens (primary N) is 1. The third-order valence-electron chi connectivity index (χ3n) is 2.55. The molecule has 2 nitrogen and oxygen atoms in total. The minimum Gasteiger partial charge on any atom is -0.395 e. The van der Waals surface area contributed by atoms with Gasteiger partial charge in [0.15, 0.2) is 0 Å². The summed E-state index contributed by atoms with van der Waals surface area (Å²) in [6.45, 7) is 4.71. The van der Waals surface area contributed by atoms with Crippen LogP contribution in [0.2, 0.25) is 0 Å². The summed E-state index contributed by atoms with van der Waals surface area (Å²) in [5, 5.41) is 8.71. The topological polar surface area (TPSA) is 46.2 Å². The second-order valence-electron chi connectivity index (χ2n) is 4.62. The number of aliphatic hydroxyl groups excluding tert-OH is 1. The molecule has 0 aromatic heterocycles. The van der Waals surface area contributed by atoms with Crippen molar-refractivity contribution in [3.63, 3.8) is 0 Å². The highest BCUT2D eigenvalue weighted by molar-refractivity contribution is 4.88. The van der Waals surface area contributed by atoms with E-state index in [0.29, 0.717) is 5.41 Å². The molecule has 1 aliphatic carbocycles. The van der Waals surface area contributed by atoms with Crippen LogP contribution in [0.15, 0.2) is 0 Å². The highest BCUT2D eigenvalue weighted by Crippen LogP contribution is 2.46. The molecular formula is C9H19NO. The zero-order valence-corrected chi connectivity index (χ0v) is 7.51. The molecule has 11 heavy (non-hydrogen) atoms. The Hall–Kier alpha value is -0.0800. The largest absolute Gasteiger partial charge is 0.395 e. The zero-order chi connectivity index (χ0) is 8.48. The molecule has 0 aromatic rings. The van der Waals surface area contributed by atoms with Crippen LogP contribution >= 0.6 is 0 Å². The Morgan fingerprint density at radius 2 is 2.09 bits per heavy atom. The van der Waals surface area contributed by atoms with E-state index in [1.54, 1.807) is 0 Å². The molecule has 1 aliphatic rings. The summed E-state index contributed by atoms with van der Waals surface area (Å²) in [5.41, 5.74) is 6.16. The summed E-state index contributed by atoms with van der Waals surface area (Å²) >= 11 is 0. The maximum absolute atomic E-state index is 8.71. The molecule has 1 unspecified atom stereocenters. The fourth-order valence-corrected chi connectivity index (χ4v) is 2.17. The van der Waals surface area contributed by atoms with Crippen molar-refractivity contribution >= 4 is 0 Å². The molecular weight excluding hydrogens is 138 g/mol. The van der Waals surface area contributed by atoms with E-state index in [9.17, 15) is 0 Å². The Balaban J connectivity index is 2.13. The summed E-state index contributed by atoms with van der Waals surface area (Å²) < 4.78 is 0. The van der Waals surface area contributed by atoms with Gasteiger partial charge in [0.05, 0.1) is 6.61 Å². The van der Waals surface area contributed by atoms with Crippen molar-refractivity contribution in [2.45, 2.75) is 39.2 Å². The molecule has 66 valence electrons.